The average molecular weight is 493 g/mol. The molecule has 2 N–H and O–H groups in total. The Kier molecular flexibility index (Phi) is 5.88. The van der Waals surface area contributed by atoms with E-state index in [1.54, 1.807) is 0 Å². The normalized spacial score (nSPS) is 21.3. The number of aromatic nitrogens is 3. The molecule has 3 heterocycles. The minimum atomic E-state index is -4.88. The first-order valence-electron chi connectivity index (χ1n) is 9.34. The van der Waals surface area contributed by atoms with Crippen LogP contribution in [0, 0.1) is 5.82 Å². The fourth-order valence-corrected chi connectivity index (χ4v) is 4.34. The molecule has 6 nitrogen and oxygen atoms in total. The fourth-order valence-electron chi connectivity index (χ4n) is 3.56. The summed E-state index contributed by atoms with van der Waals surface area (Å²) >= 11 is 0.690. The monoisotopic (exact) mass is 493 g/mol. The van der Waals surface area contributed by atoms with Gasteiger partial charge in [-0.05, 0) is 17.7 Å². The van der Waals surface area contributed by atoms with Gasteiger partial charge in [-0.15, -0.1) is 0 Å². The van der Waals surface area contributed by atoms with Crippen molar-refractivity contribution in [3.8, 4) is 0 Å². The number of halogens is 7. The van der Waals surface area contributed by atoms with Gasteiger partial charge < -0.3 is 10.5 Å². The predicted octanol–water partition coefficient (Wildman–Crippen LogP) is 4.58. The van der Waals surface area contributed by atoms with Crippen LogP contribution in [0.25, 0.3) is 10.3 Å². The lowest BCUT2D eigenvalue weighted by Gasteiger charge is -2.36. The smallest absolute Gasteiger partial charge is 0.425 e. The summed E-state index contributed by atoms with van der Waals surface area (Å²) in [4.78, 5) is 15.7. The van der Waals surface area contributed by atoms with Gasteiger partial charge >= 0.3 is 6.18 Å². The van der Waals surface area contributed by atoms with Crippen molar-refractivity contribution in [1.29, 1.82) is 0 Å². The van der Waals surface area contributed by atoms with E-state index in [0.29, 0.717) is 16.9 Å². The molecule has 0 amide bonds. The zero-order chi connectivity index (χ0) is 24.0. The summed E-state index contributed by atoms with van der Waals surface area (Å²) in [6.07, 6.45) is -10.1. The van der Waals surface area contributed by atoms with Crippen LogP contribution in [0.4, 0.5) is 30.7 Å². The maximum Gasteiger partial charge on any atom is 0.425 e. The third-order valence-electron chi connectivity index (χ3n) is 5.07. The van der Waals surface area contributed by atoms with E-state index in [0.717, 1.165) is 18.5 Å². The van der Waals surface area contributed by atoms with Crippen LogP contribution < -0.4 is 5.73 Å². The van der Waals surface area contributed by atoms with Crippen molar-refractivity contribution in [2.45, 2.75) is 37.1 Å². The van der Waals surface area contributed by atoms with Gasteiger partial charge in [-0.1, -0.05) is 17.4 Å². The third-order valence-corrected chi connectivity index (χ3v) is 6.05. The Morgan fingerprint density at radius 2 is 2.00 bits per heavy atom. The van der Waals surface area contributed by atoms with Gasteiger partial charge in [0.05, 0.1) is 5.69 Å². The van der Waals surface area contributed by atoms with Crippen LogP contribution in [-0.2, 0) is 16.7 Å². The number of fused-ring (bicyclic) bond motifs is 1. The second-order valence-corrected chi connectivity index (χ2v) is 8.29. The van der Waals surface area contributed by atoms with E-state index in [2.05, 4.69) is 24.7 Å². The molecule has 0 bridgehead atoms. The minimum absolute atomic E-state index is 0.0561. The topological polar surface area (TPSA) is 86.3 Å². The van der Waals surface area contributed by atoms with Gasteiger partial charge in [-0.25, -0.2) is 37.5 Å². The largest absolute Gasteiger partial charge is 0.452 e. The van der Waals surface area contributed by atoms with Gasteiger partial charge in [0.2, 0.25) is 0 Å². The number of thiazole rings is 1. The Morgan fingerprint density at radius 3 is 2.67 bits per heavy atom. The molecule has 33 heavy (non-hydrogen) atoms. The highest BCUT2D eigenvalue weighted by Crippen LogP contribution is 2.42. The lowest BCUT2D eigenvalue weighted by Crippen LogP contribution is -2.48. The van der Waals surface area contributed by atoms with E-state index in [-0.39, 0.29) is 22.5 Å². The highest BCUT2D eigenvalue weighted by molar-refractivity contribution is 7.18. The zero-order valence-electron chi connectivity index (χ0n) is 16.4. The second kappa shape index (κ2) is 8.39. The van der Waals surface area contributed by atoms with Crippen LogP contribution in [0.2, 0.25) is 0 Å². The molecular weight excluding hydrogens is 479 g/mol. The van der Waals surface area contributed by atoms with Crippen LogP contribution in [0.5, 0.6) is 0 Å². The third kappa shape index (κ3) is 4.43. The highest BCUT2D eigenvalue weighted by atomic mass is 32.1. The number of nitrogens with zero attached hydrogens (tertiary/aromatic N) is 4. The summed E-state index contributed by atoms with van der Waals surface area (Å²) in [5.74, 6) is -0.989. The van der Waals surface area contributed by atoms with Crippen LogP contribution in [-0.4, -0.2) is 39.9 Å². The van der Waals surface area contributed by atoms with E-state index in [4.69, 9.17) is 5.73 Å². The molecule has 2 atom stereocenters. The molecule has 0 aliphatic carbocycles. The summed E-state index contributed by atoms with van der Waals surface area (Å²) in [5, 5.41) is -0.451. The summed E-state index contributed by atoms with van der Waals surface area (Å²) in [6.45, 7) is -1.47. The SMILES string of the molecule is NC1=N[C@](CF)(c2cc(Cc3ncnc4sc(C(F)F)nc34)ccc2F)C[C@@H](C(F)(F)F)O1. The molecule has 2 aromatic heterocycles. The molecule has 0 unspecified atom stereocenters. The van der Waals surface area contributed by atoms with Crippen LogP contribution >= 0.6 is 11.3 Å². The minimum Gasteiger partial charge on any atom is -0.452 e. The Bertz CT molecular complexity index is 1210. The summed E-state index contributed by atoms with van der Waals surface area (Å²) in [6, 6.07) is 2.51. The fraction of sp³-hybridized carbons (Fsp3) is 0.368. The Hall–Kier alpha value is -3.03. The Labute approximate surface area is 185 Å². The van der Waals surface area contributed by atoms with Crippen molar-refractivity contribution in [3.05, 3.63) is 52.2 Å². The molecule has 1 aliphatic heterocycles. The van der Waals surface area contributed by atoms with Gasteiger partial charge in [0.15, 0.2) is 11.1 Å². The number of hydrogen-bond donors (Lipinski definition) is 1. The van der Waals surface area contributed by atoms with E-state index >= 15 is 0 Å². The predicted molar refractivity (Wildman–Crippen MR) is 104 cm³/mol. The van der Waals surface area contributed by atoms with Crippen molar-refractivity contribution in [1.82, 2.24) is 15.0 Å². The average Bonchev–Trinajstić information content (AvgIpc) is 3.20. The quantitative estimate of drug-likeness (QED) is 0.526. The zero-order valence-corrected chi connectivity index (χ0v) is 17.2. The maximum absolute atomic E-state index is 14.7. The first kappa shape index (κ1) is 23.1. The number of hydrogen-bond acceptors (Lipinski definition) is 7. The number of alkyl halides is 6. The van der Waals surface area contributed by atoms with Crippen molar-refractivity contribution in [3.63, 3.8) is 0 Å². The molecule has 1 aliphatic rings. The van der Waals surface area contributed by atoms with Crippen LogP contribution in [0.15, 0.2) is 29.5 Å². The standard InChI is InChI=1S/C19H14F7N5OS/c20-6-18(5-12(19(24,25)26)32-17(27)31-18)9-3-8(1-2-10(9)21)4-11-13-15(29-7-28-11)33-16(30-13)14(22)23/h1-3,7,12,14H,4-6H2,(H2,27,31)/t12-,18+/m0/s1. The molecule has 0 saturated carbocycles. The van der Waals surface area contributed by atoms with E-state index in [9.17, 15) is 30.7 Å². The number of ether oxygens (including phenoxy) is 1. The molecule has 0 spiro atoms. The number of rotatable bonds is 5. The van der Waals surface area contributed by atoms with Crippen molar-refractivity contribution in [2.75, 3.05) is 6.67 Å². The Morgan fingerprint density at radius 1 is 1.24 bits per heavy atom. The van der Waals surface area contributed by atoms with Crippen molar-refractivity contribution >= 4 is 27.7 Å². The van der Waals surface area contributed by atoms with Gasteiger partial charge in [-0.2, -0.15) is 13.2 Å². The number of benzene rings is 1. The number of aliphatic imine (C=N–C) groups is 1. The Balaban J connectivity index is 1.74. The first-order valence-corrected chi connectivity index (χ1v) is 10.2. The van der Waals surface area contributed by atoms with Gasteiger partial charge in [0.1, 0.15) is 34.7 Å². The van der Waals surface area contributed by atoms with E-state index in [1.165, 1.54) is 6.07 Å². The maximum atomic E-state index is 14.7. The van der Waals surface area contributed by atoms with Gasteiger partial charge in [0.25, 0.3) is 12.4 Å². The van der Waals surface area contributed by atoms with Crippen molar-refractivity contribution in [2.24, 2.45) is 10.7 Å². The van der Waals surface area contributed by atoms with Crippen molar-refractivity contribution < 1.29 is 35.5 Å². The van der Waals surface area contributed by atoms with E-state index < -0.39 is 59.8 Å². The van der Waals surface area contributed by atoms with E-state index in [1.807, 2.05) is 0 Å². The molecule has 14 heteroatoms. The van der Waals surface area contributed by atoms with Gasteiger partial charge in [0, 0.05) is 18.4 Å². The second-order valence-electron chi connectivity index (χ2n) is 7.29. The summed E-state index contributed by atoms with van der Waals surface area (Å²) in [5.41, 5.74) is 3.33. The number of nitrogens with two attached hydrogens (primary N) is 1. The lowest BCUT2D eigenvalue weighted by molar-refractivity contribution is -0.209. The molecular formula is C19H14F7N5OS. The lowest BCUT2D eigenvalue weighted by atomic mass is 9.83. The first-order chi connectivity index (χ1) is 15.5. The molecule has 0 radical (unpaired) electrons. The molecule has 0 saturated heterocycles. The van der Waals surface area contributed by atoms with Gasteiger partial charge in [-0.3, -0.25) is 0 Å². The molecule has 176 valence electrons. The highest BCUT2D eigenvalue weighted by Gasteiger charge is 2.52. The molecule has 3 aromatic rings. The number of amidine groups is 1. The summed E-state index contributed by atoms with van der Waals surface area (Å²) < 4.78 is 99.1. The summed E-state index contributed by atoms with van der Waals surface area (Å²) in [7, 11) is 0. The van der Waals surface area contributed by atoms with Crippen LogP contribution in [0.3, 0.4) is 0 Å². The molecule has 1 aromatic carbocycles. The van der Waals surface area contributed by atoms with Crippen LogP contribution in [0.1, 0.15) is 34.7 Å². The molecule has 0 fully saturated rings. The molecule has 4 rings (SSSR count).